The highest BCUT2D eigenvalue weighted by Gasteiger charge is 2.38. The van der Waals surface area contributed by atoms with Gasteiger partial charge in [0.2, 0.25) is 0 Å². The molecule has 0 aliphatic heterocycles. The molecule has 0 N–H and O–H groups in total. The zero-order valence-electron chi connectivity index (χ0n) is 9.56. The van der Waals surface area contributed by atoms with Gasteiger partial charge in [0.05, 0.1) is 18.0 Å². The molecule has 0 atom stereocenters. The van der Waals surface area contributed by atoms with Crippen molar-refractivity contribution in [2.45, 2.75) is 31.3 Å². The van der Waals surface area contributed by atoms with Gasteiger partial charge in [-0.3, -0.25) is 9.38 Å². The van der Waals surface area contributed by atoms with Crippen LogP contribution in [0.15, 0.2) is 12.4 Å². The lowest BCUT2D eigenvalue weighted by molar-refractivity contribution is -0.0722. The van der Waals surface area contributed by atoms with E-state index in [0.29, 0.717) is 10.8 Å². The van der Waals surface area contributed by atoms with Gasteiger partial charge < -0.3 is 4.74 Å². The van der Waals surface area contributed by atoms with E-state index in [1.807, 2.05) is 4.40 Å². The molecule has 17 heavy (non-hydrogen) atoms. The molecule has 0 unspecified atom stereocenters. The van der Waals surface area contributed by atoms with Gasteiger partial charge >= 0.3 is 0 Å². The Labute approximate surface area is 104 Å². The molecule has 2 heterocycles. The highest BCUT2D eigenvalue weighted by atomic mass is 35.5. The third-order valence-electron chi connectivity index (χ3n) is 3.52. The highest BCUT2D eigenvalue weighted by molar-refractivity contribution is 6.29. The molecule has 90 valence electrons. The Morgan fingerprint density at radius 3 is 2.88 bits per heavy atom. The standard InChI is InChI=1S/C11H13ClN4O/c1-17-11(3-2-4-11)5-9-14-15-10-7-13-6-8(12)16(9)10/h6-7H,2-5H2,1H3. The summed E-state index contributed by atoms with van der Waals surface area (Å²) in [5, 5.41) is 8.78. The van der Waals surface area contributed by atoms with Crippen LogP contribution < -0.4 is 0 Å². The van der Waals surface area contributed by atoms with Crippen molar-refractivity contribution in [3.63, 3.8) is 0 Å². The summed E-state index contributed by atoms with van der Waals surface area (Å²) >= 11 is 6.12. The number of aromatic nitrogens is 4. The zero-order valence-corrected chi connectivity index (χ0v) is 10.3. The largest absolute Gasteiger partial charge is 0.378 e. The van der Waals surface area contributed by atoms with Crippen molar-refractivity contribution in [1.29, 1.82) is 0 Å². The van der Waals surface area contributed by atoms with E-state index in [2.05, 4.69) is 15.2 Å². The van der Waals surface area contributed by atoms with Gasteiger partial charge in [-0.2, -0.15) is 0 Å². The molecule has 6 heteroatoms. The number of methoxy groups -OCH3 is 1. The number of nitrogens with zero attached hydrogens (tertiary/aromatic N) is 4. The summed E-state index contributed by atoms with van der Waals surface area (Å²) in [6.07, 6.45) is 7.35. The number of rotatable bonds is 3. The second kappa shape index (κ2) is 3.92. The fourth-order valence-corrected chi connectivity index (χ4v) is 2.54. The molecule has 2 aromatic rings. The Hall–Kier alpha value is -1.20. The molecule has 5 nitrogen and oxygen atoms in total. The van der Waals surface area contributed by atoms with E-state index < -0.39 is 0 Å². The summed E-state index contributed by atoms with van der Waals surface area (Å²) < 4.78 is 7.42. The van der Waals surface area contributed by atoms with Crippen LogP contribution in [0.25, 0.3) is 5.65 Å². The summed E-state index contributed by atoms with van der Waals surface area (Å²) in [6.45, 7) is 0. The minimum absolute atomic E-state index is 0.0738. The van der Waals surface area contributed by atoms with Crippen LogP contribution in [0, 0.1) is 0 Å². The summed E-state index contributed by atoms with van der Waals surface area (Å²) in [7, 11) is 1.76. The van der Waals surface area contributed by atoms with Gasteiger partial charge in [-0.1, -0.05) is 11.6 Å². The van der Waals surface area contributed by atoms with Crippen LogP contribution >= 0.6 is 11.6 Å². The molecule has 0 spiro atoms. The quantitative estimate of drug-likeness (QED) is 0.837. The van der Waals surface area contributed by atoms with Gasteiger partial charge in [-0.05, 0) is 19.3 Å². The molecule has 0 bridgehead atoms. The van der Waals surface area contributed by atoms with Gasteiger partial charge in [0.1, 0.15) is 11.0 Å². The predicted molar refractivity (Wildman–Crippen MR) is 63.1 cm³/mol. The summed E-state index contributed by atoms with van der Waals surface area (Å²) in [4.78, 5) is 3.99. The molecule has 3 rings (SSSR count). The van der Waals surface area contributed by atoms with Crippen LogP contribution in [0.2, 0.25) is 5.15 Å². The van der Waals surface area contributed by atoms with Gasteiger partial charge in [-0.15, -0.1) is 10.2 Å². The van der Waals surface area contributed by atoms with Crippen molar-refractivity contribution in [2.75, 3.05) is 7.11 Å². The fourth-order valence-electron chi connectivity index (χ4n) is 2.30. The van der Waals surface area contributed by atoms with Crippen LogP contribution in [0.5, 0.6) is 0 Å². The smallest absolute Gasteiger partial charge is 0.180 e. The number of hydrogen-bond acceptors (Lipinski definition) is 4. The fraction of sp³-hybridized carbons (Fsp3) is 0.545. The van der Waals surface area contributed by atoms with Crippen LogP contribution in [-0.2, 0) is 11.2 Å². The molecule has 1 aliphatic rings. The Morgan fingerprint density at radius 1 is 1.41 bits per heavy atom. The number of hydrogen-bond donors (Lipinski definition) is 0. The monoisotopic (exact) mass is 252 g/mol. The summed E-state index contributed by atoms with van der Waals surface area (Å²) in [5.41, 5.74) is 0.605. The lowest BCUT2D eigenvalue weighted by atomic mass is 9.77. The van der Waals surface area contributed by atoms with Crippen LogP contribution in [0.3, 0.4) is 0 Å². The molecular weight excluding hydrogens is 240 g/mol. The van der Waals surface area contributed by atoms with Crippen LogP contribution in [0.4, 0.5) is 0 Å². The van der Waals surface area contributed by atoms with Gasteiger partial charge in [-0.25, -0.2) is 0 Å². The zero-order chi connectivity index (χ0) is 11.9. The van der Waals surface area contributed by atoms with Crippen molar-refractivity contribution >= 4 is 17.2 Å². The third-order valence-corrected chi connectivity index (χ3v) is 3.78. The second-order valence-corrected chi connectivity index (χ2v) is 4.84. The highest BCUT2D eigenvalue weighted by Crippen LogP contribution is 2.37. The number of halogens is 1. The maximum atomic E-state index is 6.12. The maximum Gasteiger partial charge on any atom is 0.180 e. The molecule has 2 aromatic heterocycles. The first-order valence-electron chi connectivity index (χ1n) is 5.63. The molecule has 0 saturated heterocycles. The first-order valence-corrected chi connectivity index (χ1v) is 6.01. The Balaban J connectivity index is 2.00. The Bertz CT molecular complexity index is 544. The van der Waals surface area contributed by atoms with Crippen LogP contribution in [0.1, 0.15) is 25.1 Å². The van der Waals surface area contributed by atoms with Crippen molar-refractivity contribution in [2.24, 2.45) is 0 Å². The van der Waals surface area contributed by atoms with E-state index in [-0.39, 0.29) is 5.60 Å². The van der Waals surface area contributed by atoms with Crippen molar-refractivity contribution in [3.05, 3.63) is 23.4 Å². The minimum Gasteiger partial charge on any atom is -0.378 e. The molecule has 0 aromatic carbocycles. The first-order chi connectivity index (χ1) is 8.24. The normalized spacial score (nSPS) is 18.2. The number of fused-ring (bicyclic) bond motifs is 1. The lowest BCUT2D eigenvalue weighted by Crippen LogP contribution is -2.41. The molecule has 1 fully saturated rings. The van der Waals surface area contributed by atoms with Crippen LogP contribution in [-0.4, -0.2) is 32.3 Å². The van der Waals surface area contributed by atoms with Gasteiger partial charge in [0.15, 0.2) is 5.65 Å². The SMILES string of the molecule is COC1(Cc2nnc3cncc(Cl)n23)CCC1. The second-order valence-electron chi connectivity index (χ2n) is 4.46. The maximum absolute atomic E-state index is 6.12. The topological polar surface area (TPSA) is 52.3 Å². The minimum atomic E-state index is -0.0738. The third kappa shape index (κ3) is 1.70. The van der Waals surface area contributed by atoms with E-state index in [0.717, 1.165) is 25.1 Å². The van der Waals surface area contributed by atoms with E-state index >= 15 is 0 Å². The summed E-state index contributed by atoms with van der Waals surface area (Å²) in [5.74, 6) is 0.842. The van der Waals surface area contributed by atoms with Crippen molar-refractivity contribution in [1.82, 2.24) is 19.6 Å². The predicted octanol–water partition coefficient (Wildman–Crippen LogP) is 1.89. The van der Waals surface area contributed by atoms with E-state index in [9.17, 15) is 0 Å². The summed E-state index contributed by atoms with van der Waals surface area (Å²) in [6, 6.07) is 0. The average Bonchev–Trinajstić information content (AvgIpc) is 2.68. The Morgan fingerprint density at radius 2 is 2.24 bits per heavy atom. The van der Waals surface area contributed by atoms with Crippen molar-refractivity contribution < 1.29 is 4.74 Å². The van der Waals surface area contributed by atoms with Gasteiger partial charge in [0.25, 0.3) is 0 Å². The van der Waals surface area contributed by atoms with Gasteiger partial charge in [0, 0.05) is 13.5 Å². The Kier molecular flexibility index (Phi) is 2.52. The molecular formula is C11H13ClN4O. The van der Waals surface area contributed by atoms with Crippen molar-refractivity contribution in [3.8, 4) is 0 Å². The van der Waals surface area contributed by atoms with E-state index in [4.69, 9.17) is 16.3 Å². The molecule has 0 radical (unpaired) electrons. The molecule has 0 amide bonds. The van der Waals surface area contributed by atoms with E-state index in [1.165, 1.54) is 6.42 Å². The molecule has 1 saturated carbocycles. The van der Waals surface area contributed by atoms with E-state index in [1.54, 1.807) is 19.5 Å². The lowest BCUT2D eigenvalue weighted by Gasteiger charge is -2.39. The average molecular weight is 253 g/mol. The molecule has 1 aliphatic carbocycles. The number of ether oxygens (including phenoxy) is 1. The first kappa shape index (κ1) is 10.9.